The van der Waals surface area contributed by atoms with Crippen LogP contribution in [0.5, 0.6) is 5.75 Å². The van der Waals surface area contributed by atoms with Crippen molar-refractivity contribution in [2.45, 2.75) is 19.8 Å². The van der Waals surface area contributed by atoms with Gasteiger partial charge in [-0.3, -0.25) is 9.59 Å². The summed E-state index contributed by atoms with van der Waals surface area (Å²) < 4.78 is 10.1. The van der Waals surface area contributed by atoms with Crippen molar-refractivity contribution in [1.29, 1.82) is 0 Å². The van der Waals surface area contributed by atoms with Crippen LogP contribution < -0.4 is 10.1 Å². The Labute approximate surface area is 111 Å². The van der Waals surface area contributed by atoms with Crippen LogP contribution in [0, 0.1) is 5.92 Å². The van der Waals surface area contributed by atoms with Crippen LogP contribution in [0.25, 0.3) is 0 Å². The Morgan fingerprint density at radius 1 is 1.47 bits per heavy atom. The minimum Gasteiger partial charge on any atom is -0.495 e. The number of esters is 1. The molecule has 5 nitrogen and oxygen atoms in total. The summed E-state index contributed by atoms with van der Waals surface area (Å²) in [5.41, 5.74) is 1.68. The van der Waals surface area contributed by atoms with E-state index in [4.69, 9.17) is 9.47 Å². The highest BCUT2D eigenvalue weighted by molar-refractivity contribution is 5.98. The molecule has 1 unspecified atom stereocenters. The molecular formula is C14H17NO4. The van der Waals surface area contributed by atoms with Gasteiger partial charge < -0.3 is 14.8 Å². The molecule has 5 heteroatoms. The van der Waals surface area contributed by atoms with E-state index in [1.54, 1.807) is 20.1 Å². The molecule has 0 radical (unpaired) electrons. The number of hydrogen-bond donors (Lipinski definition) is 1. The topological polar surface area (TPSA) is 64.6 Å². The molecular weight excluding hydrogens is 246 g/mol. The number of rotatable bonds is 4. The van der Waals surface area contributed by atoms with Crippen LogP contribution >= 0.6 is 0 Å². The van der Waals surface area contributed by atoms with E-state index in [9.17, 15) is 9.59 Å². The van der Waals surface area contributed by atoms with Crippen molar-refractivity contribution < 1.29 is 19.1 Å². The zero-order chi connectivity index (χ0) is 13.8. The number of para-hydroxylation sites is 1. The van der Waals surface area contributed by atoms with E-state index in [0.29, 0.717) is 24.5 Å². The number of anilines is 1. The number of carbonyl (C=O) groups is 2. The number of ether oxygens (including phenoxy) is 2. The first-order chi connectivity index (χ1) is 9.15. The van der Waals surface area contributed by atoms with E-state index in [-0.39, 0.29) is 24.2 Å². The summed E-state index contributed by atoms with van der Waals surface area (Å²) in [6, 6.07) is 5.59. The van der Waals surface area contributed by atoms with Gasteiger partial charge >= 0.3 is 5.97 Å². The summed E-state index contributed by atoms with van der Waals surface area (Å²) in [6.45, 7) is 2.08. The second-order valence-corrected chi connectivity index (χ2v) is 4.39. The van der Waals surface area contributed by atoms with Crippen LogP contribution in [0.15, 0.2) is 18.2 Å². The van der Waals surface area contributed by atoms with Crippen molar-refractivity contribution in [3.8, 4) is 5.75 Å². The standard InChI is InChI=1S/C14H17NO4/c1-3-19-12(16)8-10-7-9-5-4-6-11(18-2)13(9)15-14(10)17/h4-6,10H,3,7-8H2,1-2H3,(H,15,17). The molecule has 1 aromatic carbocycles. The van der Waals surface area contributed by atoms with Crippen LogP contribution in [-0.2, 0) is 20.7 Å². The third-order valence-corrected chi connectivity index (χ3v) is 3.14. The van der Waals surface area contributed by atoms with Crippen molar-refractivity contribution in [2.75, 3.05) is 19.0 Å². The molecule has 0 aliphatic carbocycles. The number of benzene rings is 1. The van der Waals surface area contributed by atoms with Crippen molar-refractivity contribution in [3.05, 3.63) is 23.8 Å². The molecule has 0 bridgehead atoms. The second-order valence-electron chi connectivity index (χ2n) is 4.39. The molecule has 1 aliphatic rings. The van der Waals surface area contributed by atoms with E-state index in [0.717, 1.165) is 5.56 Å². The van der Waals surface area contributed by atoms with Gasteiger partial charge in [-0.15, -0.1) is 0 Å². The quantitative estimate of drug-likeness (QED) is 0.841. The molecule has 0 saturated carbocycles. The molecule has 1 amide bonds. The summed E-state index contributed by atoms with van der Waals surface area (Å²) in [5, 5.41) is 2.81. The zero-order valence-electron chi connectivity index (χ0n) is 11.1. The van der Waals surface area contributed by atoms with E-state index in [1.165, 1.54) is 0 Å². The predicted molar refractivity (Wildman–Crippen MR) is 70.1 cm³/mol. The molecule has 1 aliphatic heterocycles. The summed E-state index contributed by atoms with van der Waals surface area (Å²) in [5.74, 6) is -0.238. The van der Waals surface area contributed by atoms with Crippen LogP contribution in [-0.4, -0.2) is 25.6 Å². The SMILES string of the molecule is CCOC(=O)CC1Cc2cccc(OC)c2NC1=O. The fourth-order valence-electron chi connectivity index (χ4n) is 2.23. The number of fused-ring (bicyclic) bond motifs is 1. The van der Waals surface area contributed by atoms with Gasteiger partial charge in [0.05, 0.1) is 31.7 Å². The monoisotopic (exact) mass is 263 g/mol. The van der Waals surface area contributed by atoms with Gasteiger partial charge in [-0.2, -0.15) is 0 Å². The third kappa shape index (κ3) is 2.86. The van der Waals surface area contributed by atoms with E-state index >= 15 is 0 Å². The Bertz CT molecular complexity index is 498. The molecule has 0 fully saturated rings. The Balaban J connectivity index is 2.16. The largest absolute Gasteiger partial charge is 0.495 e. The zero-order valence-corrected chi connectivity index (χ0v) is 11.1. The van der Waals surface area contributed by atoms with Gasteiger partial charge in [-0.25, -0.2) is 0 Å². The van der Waals surface area contributed by atoms with Gasteiger partial charge in [0.1, 0.15) is 5.75 Å². The lowest BCUT2D eigenvalue weighted by Crippen LogP contribution is -2.32. The molecule has 0 aromatic heterocycles. The second kappa shape index (κ2) is 5.73. The number of hydrogen-bond acceptors (Lipinski definition) is 4. The fraction of sp³-hybridized carbons (Fsp3) is 0.429. The maximum atomic E-state index is 12.0. The first-order valence-corrected chi connectivity index (χ1v) is 6.28. The van der Waals surface area contributed by atoms with Gasteiger partial charge in [0, 0.05) is 0 Å². The van der Waals surface area contributed by atoms with Crippen molar-refractivity contribution in [2.24, 2.45) is 5.92 Å². The summed E-state index contributed by atoms with van der Waals surface area (Å²) in [4.78, 5) is 23.5. The molecule has 19 heavy (non-hydrogen) atoms. The summed E-state index contributed by atoms with van der Waals surface area (Å²) in [7, 11) is 1.56. The lowest BCUT2D eigenvalue weighted by atomic mass is 9.90. The van der Waals surface area contributed by atoms with Crippen molar-refractivity contribution in [1.82, 2.24) is 0 Å². The molecule has 1 atom stereocenters. The molecule has 1 N–H and O–H groups in total. The van der Waals surface area contributed by atoms with Gasteiger partial charge in [0.2, 0.25) is 5.91 Å². The Morgan fingerprint density at radius 2 is 2.26 bits per heavy atom. The number of amides is 1. The van der Waals surface area contributed by atoms with Gasteiger partial charge in [-0.1, -0.05) is 12.1 Å². The molecule has 1 aromatic rings. The molecule has 2 rings (SSSR count). The van der Waals surface area contributed by atoms with E-state index < -0.39 is 0 Å². The minimum absolute atomic E-state index is 0.107. The molecule has 102 valence electrons. The van der Waals surface area contributed by atoms with Crippen LogP contribution in [0.1, 0.15) is 18.9 Å². The highest BCUT2D eigenvalue weighted by atomic mass is 16.5. The van der Waals surface area contributed by atoms with Crippen LogP contribution in [0.3, 0.4) is 0 Å². The smallest absolute Gasteiger partial charge is 0.306 e. The maximum Gasteiger partial charge on any atom is 0.306 e. The average molecular weight is 263 g/mol. The lowest BCUT2D eigenvalue weighted by Gasteiger charge is -2.25. The first kappa shape index (κ1) is 13.4. The van der Waals surface area contributed by atoms with Crippen LogP contribution in [0.2, 0.25) is 0 Å². The highest BCUT2D eigenvalue weighted by Gasteiger charge is 2.30. The van der Waals surface area contributed by atoms with Crippen molar-refractivity contribution >= 4 is 17.6 Å². The van der Waals surface area contributed by atoms with Crippen LogP contribution in [0.4, 0.5) is 5.69 Å². The maximum absolute atomic E-state index is 12.0. The van der Waals surface area contributed by atoms with Gasteiger partial charge in [-0.05, 0) is 25.0 Å². The normalized spacial score (nSPS) is 17.4. The fourth-order valence-corrected chi connectivity index (χ4v) is 2.23. The third-order valence-electron chi connectivity index (χ3n) is 3.14. The minimum atomic E-state index is -0.376. The number of carbonyl (C=O) groups excluding carboxylic acids is 2. The van der Waals surface area contributed by atoms with Crippen molar-refractivity contribution in [3.63, 3.8) is 0 Å². The Morgan fingerprint density at radius 3 is 2.95 bits per heavy atom. The Hall–Kier alpha value is -2.04. The first-order valence-electron chi connectivity index (χ1n) is 6.28. The number of methoxy groups -OCH3 is 1. The molecule has 0 saturated heterocycles. The molecule has 0 spiro atoms. The highest BCUT2D eigenvalue weighted by Crippen LogP contribution is 2.34. The van der Waals surface area contributed by atoms with E-state index in [2.05, 4.69) is 5.32 Å². The summed E-state index contributed by atoms with van der Waals surface area (Å²) in [6.07, 6.45) is 0.632. The Kier molecular flexibility index (Phi) is 4.04. The molecule has 1 heterocycles. The van der Waals surface area contributed by atoms with Gasteiger partial charge in [0.25, 0.3) is 0 Å². The van der Waals surface area contributed by atoms with Gasteiger partial charge in [0.15, 0.2) is 0 Å². The predicted octanol–water partition coefficient (Wildman–Crippen LogP) is 1.76. The number of nitrogens with one attached hydrogen (secondary N) is 1. The van der Waals surface area contributed by atoms with E-state index in [1.807, 2.05) is 12.1 Å². The lowest BCUT2D eigenvalue weighted by molar-refractivity contribution is -0.145. The summed E-state index contributed by atoms with van der Waals surface area (Å²) >= 11 is 0. The average Bonchev–Trinajstić information content (AvgIpc) is 2.39.